The van der Waals surface area contributed by atoms with Crippen LogP contribution in [-0.4, -0.2) is 101 Å². The summed E-state index contributed by atoms with van der Waals surface area (Å²) in [5, 5.41) is 8.56. The molecule has 2 fully saturated rings. The first-order chi connectivity index (χ1) is 30.4. The molecule has 0 saturated carbocycles. The lowest BCUT2D eigenvalue weighted by Crippen LogP contribution is -2.42. The number of anilines is 2. The Balaban J connectivity index is 0.000000177. The Hall–Kier alpha value is -6.40. The van der Waals surface area contributed by atoms with Crippen molar-refractivity contribution in [3.05, 3.63) is 106 Å². The first-order valence-electron chi connectivity index (χ1n) is 20.2. The number of piperidine rings is 2. The van der Waals surface area contributed by atoms with Crippen LogP contribution in [0, 0.1) is 35.1 Å². The molecule has 8 heterocycles. The number of carbonyl (C=O) groups excluding carboxylic acids is 2. The van der Waals surface area contributed by atoms with Crippen LogP contribution in [0.5, 0.6) is 0 Å². The third-order valence-electron chi connectivity index (χ3n) is 11.0. The zero-order valence-corrected chi connectivity index (χ0v) is 35.3. The van der Waals surface area contributed by atoms with E-state index in [4.69, 9.17) is 23.2 Å². The van der Waals surface area contributed by atoms with Crippen molar-refractivity contribution in [2.75, 3.05) is 49.9 Å². The van der Waals surface area contributed by atoms with Crippen molar-refractivity contribution in [3.8, 4) is 22.8 Å². The highest BCUT2D eigenvalue weighted by Crippen LogP contribution is 2.30. The van der Waals surface area contributed by atoms with Crippen molar-refractivity contribution in [2.24, 2.45) is 11.8 Å². The average molecular weight is 904 g/mol. The molecular weight excluding hydrogens is 863 g/mol. The number of benzene rings is 1. The molecule has 2 unspecified atom stereocenters. The molecule has 63 heavy (non-hydrogen) atoms. The molecule has 0 bridgehead atoms. The lowest BCUT2D eigenvalue weighted by molar-refractivity contribution is -0.130. The fourth-order valence-corrected chi connectivity index (χ4v) is 8.16. The third-order valence-corrected chi connectivity index (χ3v) is 11.4. The molecular formula is C43H40Cl2F4N12O2. The van der Waals surface area contributed by atoms with Crippen LogP contribution in [0.2, 0.25) is 10.0 Å². The van der Waals surface area contributed by atoms with E-state index in [1.807, 2.05) is 4.90 Å². The van der Waals surface area contributed by atoms with Gasteiger partial charge in [-0.15, -0.1) is 0 Å². The molecule has 2 saturated heterocycles. The van der Waals surface area contributed by atoms with Gasteiger partial charge in [-0.3, -0.25) is 9.59 Å². The van der Waals surface area contributed by atoms with Crippen LogP contribution >= 0.6 is 23.2 Å². The number of aromatic nitrogens is 8. The highest BCUT2D eigenvalue weighted by molar-refractivity contribution is 6.31. The maximum atomic E-state index is 14.5. The van der Waals surface area contributed by atoms with Crippen molar-refractivity contribution in [2.45, 2.75) is 32.6 Å². The molecule has 20 heteroatoms. The van der Waals surface area contributed by atoms with E-state index in [1.54, 1.807) is 42.5 Å². The van der Waals surface area contributed by atoms with Gasteiger partial charge in [0.25, 0.3) is 5.91 Å². The average Bonchev–Trinajstić information content (AvgIpc) is 3.89. The topological polar surface area (TPSA) is 174 Å². The predicted octanol–water partition coefficient (Wildman–Crippen LogP) is 8.54. The summed E-state index contributed by atoms with van der Waals surface area (Å²) in [4.78, 5) is 59.2. The van der Waals surface area contributed by atoms with E-state index < -0.39 is 29.2 Å². The van der Waals surface area contributed by atoms with Crippen LogP contribution in [0.3, 0.4) is 0 Å². The van der Waals surface area contributed by atoms with Crippen LogP contribution in [0.25, 0.3) is 44.8 Å². The molecule has 6 aromatic heterocycles. The van der Waals surface area contributed by atoms with Crippen molar-refractivity contribution in [3.63, 3.8) is 0 Å². The molecule has 7 aromatic rings. The number of carbonyl (C=O) groups is 2. The number of fused-ring (bicyclic) bond motifs is 2. The highest BCUT2D eigenvalue weighted by atomic mass is 35.5. The SMILES string of the molecule is CC(=O)N1CCCC(CNc2nc(-c3c[nH]c4ncc(Cl)cc34)ncc2F)C1.O=C(c1cc(F)cc(F)c1)N1CCCC(CNc2nc(-c3c[nH]c4ncc(Cl)cc34)ncc2F)C1. The minimum atomic E-state index is -0.799. The molecule has 9 rings (SSSR count). The second-order valence-electron chi connectivity index (χ2n) is 15.4. The Morgan fingerprint density at radius 2 is 1.16 bits per heavy atom. The van der Waals surface area contributed by atoms with Gasteiger partial charge in [0, 0.05) is 105 Å². The van der Waals surface area contributed by atoms with Crippen molar-refractivity contribution in [1.82, 2.24) is 49.7 Å². The Labute approximate surface area is 367 Å². The molecule has 2 aliphatic rings. The van der Waals surface area contributed by atoms with Gasteiger partial charge in [-0.05, 0) is 61.8 Å². The number of halogens is 6. The van der Waals surface area contributed by atoms with Gasteiger partial charge in [-0.1, -0.05) is 23.2 Å². The number of nitrogens with one attached hydrogen (secondary N) is 4. The predicted molar refractivity (Wildman–Crippen MR) is 231 cm³/mol. The molecule has 14 nitrogen and oxygen atoms in total. The minimum Gasteiger partial charge on any atom is -0.367 e. The van der Waals surface area contributed by atoms with E-state index in [0.717, 1.165) is 68.2 Å². The quantitative estimate of drug-likeness (QED) is 0.103. The third kappa shape index (κ3) is 10.1. The van der Waals surface area contributed by atoms with Crippen molar-refractivity contribution >= 4 is 68.7 Å². The number of likely N-dealkylation sites (tertiary alicyclic amines) is 2. The maximum Gasteiger partial charge on any atom is 0.254 e. The molecule has 0 radical (unpaired) electrons. The van der Waals surface area contributed by atoms with E-state index in [-0.39, 0.29) is 34.9 Å². The summed E-state index contributed by atoms with van der Waals surface area (Å²) in [6, 6.07) is 6.28. The van der Waals surface area contributed by atoms with Crippen molar-refractivity contribution < 1.29 is 27.2 Å². The van der Waals surface area contributed by atoms with Crippen LogP contribution in [0.15, 0.2) is 67.5 Å². The second kappa shape index (κ2) is 18.9. The van der Waals surface area contributed by atoms with Gasteiger partial charge < -0.3 is 30.4 Å². The molecule has 4 N–H and O–H groups in total. The lowest BCUT2D eigenvalue weighted by Gasteiger charge is -2.33. The maximum absolute atomic E-state index is 14.5. The van der Waals surface area contributed by atoms with Crippen LogP contribution in [-0.2, 0) is 4.79 Å². The Morgan fingerprint density at radius 3 is 1.65 bits per heavy atom. The number of amides is 2. The summed E-state index contributed by atoms with van der Waals surface area (Å²) in [5.74, 6) is -1.95. The molecule has 2 amide bonds. The number of H-pyrrole nitrogens is 2. The fraction of sp³-hybridized carbons (Fsp3) is 0.302. The number of nitrogens with zero attached hydrogens (tertiary/aromatic N) is 8. The number of hydrogen-bond donors (Lipinski definition) is 4. The Bertz CT molecular complexity index is 2790. The zero-order valence-electron chi connectivity index (χ0n) is 33.7. The van der Waals surface area contributed by atoms with Crippen LogP contribution in [0.1, 0.15) is 43.0 Å². The summed E-state index contributed by atoms with van der Waals surface area (Å²) < 4.78 is 55.8. The normalized spacial score (nSPS) is 16.5. The monoisotopic (exact) mass is 902 g/mol. The lowest BCUT2D eigenvalue weighted by atomic mass is 9.97. The van der Waals surface area contributed by atoms with Gasteiger partial charge in [-0.2, -0.15) is 0 Å². The van der Waals surface area contributed by atoms with E-state index in [9.17, 15) is 27.2 Å². The Morgan fingerprint density at radius 1 is 0.683 bits per heavy atom. The summed E-state index contributed by atoms with van der Waals surface area (Å²) in [6.07, 6.45) is 12.2. The van der Waals surface area contributed by atoms with Gasteiger partial charge in [0.15, 0.2) is 34.9 Å². The standard InChI is InChI=1S/C24H20ClF3N6O.C19H20ClFN6O/c25-15-6-18-19(10-31-21(18)30-9-15)22-32-11-20(28)23(33-22)29-8-13-2-1-3-34(12-13)24(35)14-4-16(26)7-17(27)5-14;1-11(28)27-4-2-3-12(10-27)6-22-19-16(21)9-25-18(26-19)15-8-24-17-14(15)5-13(20)7-23-17/h4-7,9-11,13H,1-3,8,12H2,(H,30,31)(H,29,32,33);5,7-9,12H,2-4,6,10H2,1H3,(H,23,24)(H,22,25,26). The Kier molecular flexibility index (Phi) is 13.0. The number of hydrogen-bond acceptors (Lipinski definition) is 10. The van der Waals surface area contributed by atoms with E-state index in [1.165, 1.54) is 6.20 Å². The van der Waals surface area contributed by atoms with Gasteiger partial charge >= 0.3 is 0 Å². The summed E-state index contributed by atoms with van der Waals surface area (Å²) in [7, 11) is 0. The van der Waals surface area contributed by atoms with Crippen LogP contribution in [0.4, 0.5) is 29.2 Å². The number of pyridine rings is 2. The smallest absolute Gasteiger partial charge is 0.254 e. The minimum absolute atomic E-state index is 0.0000156. The van der Waals surface area contributed by atoms with Crippen LogP contribution < -0.4 is 10.6 Å². The van der Waals surface area contributed by atoms with Gasteiger partial charge in [-0.25, -0.2) is 47.5 Å². The molecule has 326 valence electrons. The van der Waals surface area contributed by atoms with Gasteiger partial charge in [0.05, 0.1) is 22.4 Å². The molecule has 0 spiro atoms. The zero-order chi connectivity index (χ0) is 44.2. The number of rotatable bonds is 9. The van der Waals surface area contributed by atoms with Gasteiger partial charge in [0.2, 0.25) is 5.91 Å². The van der Waals surface area contributed by atoms with E-state index in [2.05, 4.69) is 50.5 Å². The van der Waals surface area contributed by atoms with Gasteiger partial charge in [0.1, 0.15) is 22.9 Å². The molecule has 1 aromatic carbocycles. The van der Waals surface area contributed by atoms with E-state index in [0.29, 0.717) is 82.2 Å². The summed E-state index contributed by atoms with van der Waals surface area (Å²) in [5.41, 5.74) is 2.57. The van der Waals surface area contributed by atoms with E-state index >= 15 is 0 Å². The molecule has 2 aliphatic heterocycles. The summed E-state index contributed by atoms with van der Waals surface area (Å²) >= 11 is 12.1. The second-order valence-corrected chi connectivity index (χ2v) is 16.3. The first kappa shape index (κ1) is 43.3. The number of aromatic amines is 2. The summed E-state index contributed by atoms with van der Waals surface area (Å²) in [6.45, 7) is 4.79. The fourth-order valence-electron chi connectivity index (χ4n) is 7.84. The molecule has 2 atom stereocenters. The largest absolute Gasteiger partial charge is 0.367 e. The molecule has 0 aliphatic carbocycles. The first-order valence-corrected chi connectivity index (χ1v) is 20.9. The van der Waals surface area contributed by atoms with Crippen molar-refractivity contribution in [1.29, 1.82) is 0 Å². The highest BCUT2D eigenvalue weighted by Gasteiger charge is 2.26.